The molecule has 0 aromatic carbocycles. The highest BCUT2D eigenvalue weighted by Crippen LogP contribution is 2.20. The summed E-state index contributed by atoms with van der Waals surface area (Å²) in [5.74, 6) is 0.709. The molecule has 1 fully saturated rings. The van der Waals surface area contributed by atoms with Crippen molar-refractivity contribution in [2.24, 2.45) is 17.6 Å². The van der Waals surface area contributed by atoms with Gasteiger partial charge in [-0.15, -0.1) is 0 Å². The lowest BCUT2D eigenvalue weighted by atomic mass is 9.92. The molecule has 0 saturated carbocycles. The maximum absolute atomic E-state index is 11.8. The Balaban J connectivity index is 2.27. The first-order valence-corrected chi connectivity index (χ1v) is 6.56. The molecule has 2 N–H and O–H groups in total. The van der Waals surface area contributed by atoms with Crippen LogP contribution in [0.2, 0.25) is 0 Å². The summed E-state index contributed by atoms with van der Waals surface area (Å²) in [4.78, 5) is 24.8. The van der Waals surface area contributed by atoms with E-state index < -0.39 is 0 Å². The third kappa shape index (κ3) is 4.86. The summed E-state index contributed by atoms with van der Waals surface area (Å²) in [6.07, 6.45) is 3.37. The summed E-state index contributed by atoms with van der Waals surface area (Å²) in [7, 11) is 0. The lowest BCUT2D eigenvalue weighted by molar-refractivity contribution is -0.124. The monoisotopic (exact) mass is 240 g/mol. The van der Waals surface area contributed by atoms with E-state index in [1.807, 2.05) is 13.8 Å². The normalized spacial score (nSPS) is 20.1. The average Bonchev–Trinajstić information content (AvgIpc) is 2.30. The summed E-state index contributed by atoms with van der Waals surface area (Å²) in [5.41, 5.74) is 5.19. The molecule has 0 spiro atoms. The van der Waals surface area contributed by atoms with Crippen molar-refractivity contribution >= 4 is 11.7 Å². The molecule has 0 aromatic rings. The Bertz CT molecular complexity index is 271. The molecule has 0 bridgehead atoms. The van der Waals surface area contributed by atoms with Gasteiger partial charge in [0.15, 0.2) is 0 Å². The van der Waals surface area contributed by atoms with Crippen molar-refractivity contribution in [1.29, 1.82) is 0 Å². The maximum Gasteiger partial charge on any atom is 0.217 e. The first-order chi connectivity index (χ1) is 8.02. The van der Waals surface area contributed by atoms with Crippen LogP contribution < -0.4 is 5.73 Å². The highest BCUT2D eigenvalue weighted by molar-refractivity contribution is 5.82. The molecule has 1 rings (SSSR count). The first kappa shape index (κ1) is 14.2. The van der Waals surface area contributed by atoms with Gasteiger partial charge in [0.2, 0.25) is 5.91 Å². The van der Waals surface area contributed by atoms with E-state index in [1.54, 1.807) is 0 Å². The van der Waals surface area contributed by atoms with E-state index in [0.29, 0.717) is 24.7 Å². The fourth-order valence-corrected chi connectivity index (χ4v) is 2.24. The van der Waals surface area contributed by atoms with Crippen molar-refractivity contribution in [1.82, 2.24) is 4.90 Å². The maximum atomic E-state index is 11.8. The fraction of sp³-hybridized carbons (Fsp3) is 0.846. The van der Waals surface area contributed by atoms with Crippen molar-refractivity contribution in [3.05, 3.63) is 0 Å². The van der Waals surface area contributed by atoms with E-state index in [-0.39, 0.29) is 11.8 Å². The van der Waals surface area contributed by atoms with Crippen LogP contribution in [0.3, 0.4) is 0 Å². The number of nitrogens with two attached hydrogens (primary N) is 1. The number of carbonyl (C=O) groups excluding carboxylic acids is 2. The highest BCUT2D eigenvalue weighted by atomic mass is 16.1. The van der Waals surface area contributed by atoms with Crippen LogP contribution in [0.5, 0.6) is 0 Å². The number of Topliss-reactive ketones (excluding diaryl/α,β-unsaturated/α-hetero) is 1. The minimum atomic E-state index is -0.209. The van der Waals surface area contributed by atoms with Gasteiger partial charge in [-0.1, -0.05) is 13.8 Å². The van der Waals surface area contributed by atoms with Gasteiger partial charge < -0.3 is 5.73 Å². The molecule has 0 aliphatic carbocycles. The van der Waals surface area contributed by atoms with Crippen molar-refractivity contribution in [3.8, 4) is 0 Å². The smallest absolute Gasteiger partial charge is 0.217 e. The summed E-state index contributed by atoms with van der Waals surface area (Å²) < 4.78 is 0. The van der Waals surface area contributed by atoms with Gasteiger partial charge >= 0.3 is 0 Å². The first-order valence-electron chi connectivity index (χ1n) is 6.56. The molecular weight excluding hydrogens is 216 g/mol. The number of piperidine rings is 1. The van der Waals surface area contributed by atoms with E-state index in [2.05, 4.69) is 4.90 Å². The molecule has 1 unspecified atom stereocenters. The van der Waals surface area contributed by atoms with Crippen LogP contribution in [0.1, 0.15) is 39.5 Å². The molecule has 0 aromatic heterocycles. The van der Waals surface area contributed by atoms with E-state index >= 15 is 0 Å². The Kier molecular flexibility index (Phi) is 5.62. The van der Waals surface area contributed by atoms with Gasteiger partial charge in [-0.25, -0.2) is 0 Å². The fourth-order valence-electron chi connectivity index (χ4n) is 2.24. The van der Waals surface area contributed by atoms with Gasteiger partial charge in [-0.3, -0.25) is 14.5 Å². The van der Waals surface area contributed by atoms with Gasteiger partial charge in [0.1, 0.15) is 5.78 Å². The average molecular weight is 240 g/mol. The summed E-state index contributed by atoms with van der Waals surface area (Å²) in [6.45, 7) is 6.43. The van der Waals surface area contributed by atoms with Crippen LogP contribution in [0.4, 0.5) is 0 Å². The summed E-state index contributed by atoms with van der Waals surface area (Å²) >= 11 is 0. The predicted molar refractivity (Wildman–Crippen MR) is 67.4 cm³/mol. The highest BCUT2D eigenvalue weighted by Gasteiger charge is 2.23. The van der Waals surface area contributed by atoms with Crippen LogP contribution in [0, 0.1) is 11.8 Å². The molecule has 98 valence electrons. The van der Waals surface area contributed by atoms with Gasteiger partial charge in [0.05, 0.1) is 6.54 Å². The molecular formula is C13H24N2O2. The molecule has 1 heterocycles. The van der Waals surface area contributed by atoms with Gasteiger partial charge in [0, 0.05) is 12.3 Å². The van der Waals surface area contributed by atoms with Crippen molar-refractivity contribution in [2.45, 2.75) is 39.5 Å². The number of amides is 1. The number of rotatable bonds is 6. The number of nitrogens with zero attached hydrogens (tertiary/aromatic N) is 1. The molecule has 1 atom stereocenters. The Hall–Kier alpha value is -0.900. The van der Waals surface area contributed by atoms with Crippen molar-refractivity contribution < 1.29 is 9.59 Å². The van der Waals surface area contributed by atoms with Crippen molar-refractivity contribution in [3.63, 3.8) is 0 Å². The number of hydrogen-bond donors (Lipinski definition) is 1. The zero-order valence-electron chi connectivity index (χ0n) is 10.9. The van der Waals surface area contributed by atoms with E-state index in [9.17, 15) is 9.59 Å². The zero-order chi connectivity index (χ0) is 12.8. The molecule has 0 radical (unpaired) electrons. The van der Waals surface area contributed by atoms with Crippen LogP contribution in [0.15, 0.2) is 0 Å². The van der Waals surface area contributed by atoms with E-state index in [4.69, 9.17) is 5.73 Å². The SMILES string of the molecule is CCC(C)C(=O)CN1CCC(CC(N)=O)CC1. The summed E-state index contributed by atoms with van der Waals surface area (Å²) in [5, 5.41) is 0. The molecule has 1 aliphatic rings. The van der Waals surface area contributed by atoms with Crippen molar-refractivity contribution in [2.75, 3.05) is 19.6 Å². The number of primary amides is 1. The van der Waals surface area contributed by atoms with Gasteiger partial charge in [-0.2, -0.15) is 0 Å². The second kappa shape index (κ2) is 6.74. The number of likely N-dealkylation sites (tertiary alicyclic amines) is 1. The van der Waals surface area contributed by atoms with E-state index in [0.717, 1.165) is 32.4 Å². The largest absolute Gasteiger partial charge is 0.370 e. The molecule has 4 heteroatoms. The molecule has 1 amide bonds. The third-order valence-electron chi connectivity index (χ3n) is 3.74. The quantitative estimate of drug-likeness (QED) is 0.758. The Morgan fingerprint density at radius 2 is 1.94 bits per heavy atom. The third-order valence-corrected chi connectivity index (χ3v) is 3.74. The lowest BCUT2D eigenvalue weighted by Crippen LogP contribution is -2.39. The van der Waals surface area contributed by atoms with E-state index in [1.165, 1.54) is 0 Å². The van der Waals surface area contributed by atoms with Crippen LogP contribution in [-0.4, -0.2) is 36.2 Å². The van der Waals surface area contributed by atoms with Crippen LogP contribution in [-0.2, 0) is 9.59 Å². The Morgan fingerprint density at radius 3 is 2.41 bits per heavy atom. The van der Waals surface area contributed by atoms with Gasteiger partial charge in [0.25, 0.3) is 0 Å². The Labute approximate surface area is 104 Å². The minimum Gasteiger partial charge on any atom is -0.370 e. The molecule has 17 heavy (non-hydrogen) atoms. The molecule has 1 saturated heterocycles. The van der Waals surface area contributed by atoms with Crippen LogP contribution in [0.25, 0.3) is 0 Å². The zero-order valence-corrected chi connectivity index (χ0v) is 10.9. The number of hydrogen-bond acceptors (Lipinski definition) is 3. The molecule has 1 aliphatic heterocycles. The van der Waals surface area contributed by atoms with Gasteiger partial charge in [-0.05, 0) is 38.3 Å². The molecule has 4 nitrogen and oxygen atoms in total. The number of ketones is 1. The topological polar surface area (TPSA) is 63.4 Å². The standard InChI is InChI=1S/C13H24N2O2/c1-3-10(2)12(16)9-15-6-4-11(5-7-15)8-13(14)17/h10-11H,3-9H2,1-2H3,(H2,14,17). The van der Waals surface area contributed by atoms with Crippen LogP contribution >= 0.6 is 0 Å². The minimum absolute atomic E-state index is 0.165. The second-order valence-electron chi connectivity index (χ2n) is 5.17. The predicted octanol–water partition coefficient (Wildman–Crippen LogP) is 1.19. The summed E-state index contributed by atoms with van der Waals surface area (Å²) in [6, 6.07) is 0. The second-order valence-corrected chi connectivity index (χ2v) is 5.17. The Morgan fingerprint density at radius 1 is 1.35 bits per heavy atom. The lowest BCUT2D eigenvalue weighted by Gasteiger charge is -2.31. The number of carbonyl (C=O) groups is 2.